The molecule has 9 heteroatoms. The van der Waals surface area contributed by atoms with Crippen LogP contribution >= 0.6 is 0 Å². The van der Waals surface area contributed by atoms with Crippen LogP contribution < -0.4 is 5.32 Å². The number of rotatable bonds is 6. The summed E-state index contributed by atoms with van der Waals surface area (Å²) in [6, 6.07) is 8.49. The molecule has 2 atom stereocenters. The zero-order chi connectivity index (χ0) is 19.2. The Morgan fingerprint density at radius 2 is 2.04 bits per heavy atom. The maximum Gasteiger partial charge on any atom is 0.475 e. The van der Waals surface area contributed by atoms with Crippen LogP contribution in [0.3, 0.4) is 0 Å². The second-order valence-electron chi connectivity index (χ2n) is 6.46. The highest BCUT2D eigenvalue weighted by molar-refractivity contribution is 6.43. The first kappa shape index (κ1) is 19.0. The van der Waals surface area contributed by atoms with E-state index in [1.54, 1.807) is 0 Å². The predicted octanol–water partition coefficient (Wildman–Crippen LogP) is -0.179. The third kappa shape index (κ3) is 4.69. The minimum atomic E-state index is -1.61. The molecule has 3 rings (SSSR count). The van der Waals surface area contributed by atoms with Gasteiger partial charge in [-0.05, 0) is 18.4 Å². The Morgan fingerprint density at radius 3 is 2.70 bits per heavy atom. The van der Waals surface area contributed by atoms with Crippen molar-refractivity contribution in [3.63, 3.8) is 0 Å². The Labute approximate surface area is 157 Å². The average Bonchev–Trinajstić information content (AvgIpc) is 3.18. The monoisotopic (exact) mass is 368 g/mol. The van der Waals surface area contributed by atoms with E-state index in [0.29, 0.717) is 19.4 Å². The lowest BCUT2D eigenvalue weighted by molar-refractivity contribution is -0.133. The fraction of sp³-hybridized carbons (Fsp3) is 0.333. The van der Waals surface area contributed by atoms with Crippen molar-refractivity contribution in [2.45, 2.75) is 31.2 Å². The van der Waals surface area contributed by atoms with E-state index in [1.165, 1.54) is 23.5 Å². The Bertz CT molecular complexity index is 775. The Morgan fingerprint density at radius 1 is 1.26 bits per heavy atom. The molecule has 1 fully saturated rings. The van der Waals surface area contributed by atoms with Gasteiger partial charge in [0.15, 0.2) is 0 Å². The van der Waals surface area contributed by atoms with Gasteiger partial charge in [0.2, 0.25) is 5.91 Å². The van der Waals surface area contributed by atoms with Gasteiger partial charge in [0.1, 0.15) is 11.7 Å². The topological polar surface area (TPSA) is 116 Å². The second-order valence-corrected chi connectivity index (χ2v) is 6.46. The third-order valence-corrected chi connectivity index (χ3v) is 4.61. The quantitative estimate of drug-likeness (QED) is 0.610. The van der Waals surface area contributed by atoms with Crippen molar-refractivity contribution in [2.75, 3.05) is 6.54 Å². The molecule has 0 bridgehead atoms. The van der Waals surface area contributed by atoms with E-state index >= 15 is 0 Å². The number of nitrogens with zero attached hydrogens (tertiary/aromatic N) is 3. The van der Waals surface area contributed by atoms with E-state index in [-0.39, 0.29) is 18.0 Å². The summed E-state index contributed by atoms with van der Waals surface area (Å²) < 4.78 is 0. The van der Waals surface area contributed by atoms with Crippen molar-refractivity contribution in [1.82, 2.24) is 20.2 Å². The van der Waals surface area contributed by atoms with Gasteiger partial charge in [0.25, 0.3) is 5.91 Å². The largest absolute Gasteiger partial charge is 0.475 e. The van der Waals surface area contributed by atoms with Crippen molar-refractivity contribution in [1.29, 1.82) is 0 Å². The number of carbonyl (C=O) groups is 2. The van der Waals surface area contributed by atoms with E-state index in [9.17, 15) is 19.6 Å². The van der Waals surface area contributed by atoms with Gasteiger partial charge in [-0.2, -0.15) is 0 Å². The molecule has 1 aliphatic rings. The van der Waals surface area contributed by atoms with Crippen LogP contribution in [-0.2, 0) is 11.2 Å². The van der Waals surface area contributed by atoms with Crippen LogP contribution in [0.1, 0.15) is 28.9 Å². The first-order valence-electron chi connectivity index (χ1n) is 8.83. The van der Waals surface area contributed by atoms with Crippen molar-refractivity contribution in [3.8, 4) is 0 Å². The standard InChI is InChI=1S/C18H21BN4O4/c24-17(15-12-20-8-9-21-15)22-14(11-13-5-2-1-3-6-13)18(25)23-10-4-7-16(23)19(26)27/h1-3,5-6,8-9,12,14,16,26-27H,4,7,10-11H2,(H,22,24)/t14-,16-/m0/s1. The second kappa shape index (κ2) is 8.74. The highest BCUT2D eigenvalue weighted by atomic mass is 16.4. The number of hydrogen-bond donors (Lipinski definition) is 3. The summed E-state index contributed by atoms with van der Waals surface area (Å²) in [6.45, 7) is 0.424. The summed E-state index contributed by atoms with van der Waals surface area (Å²) in [4.78, 5) is 34.9. The number of benzene rings is 1. The highest BCUT2D eigenvalue weighted by Crippen LogP contribution is 2.20. The maximum atomic E-state index is 13.1. The van der Waals surface area contributed by atoms with Crippen LogP contribution in [-0.4, -0.2) is 62.4 Å². The zero-order valence-corrected chi connectivity index (χ0v) is 14.7. The Kier molecular flexibility index (Phi) is 6.15. The van der Waals surface area contributed by atoms with Gasteiger partial charge < -0.3 is 20.3 Å². The summed E-state index contributed by atoms with van der Waals surface area (Å²) in [5.74, 6) is -1.51. The third-order valence-electron chi connectivity index (χ3n) is 4.61. The molecule has 2 heterocycles. The molecule has 3 N–H and O–H groups in total. The van der Waals surface area contributed by atoms with Crippen molar-refractivity contribution < 1.29 is 19.6 Å². The molecule has 8 nitrogen and oxygen atoms in total. The molecule has 1 aromatic carbocycles. The molecule has 27 heavy (non-hydrogen) atoms. The molecule has 0 unspecified atom stereocenters. The molecule has 0 spiro atoms. The molecule has 0 radical (unpaired) electrons. The van der Waals surface area contributed by atoms with E-state index in [4.69, 9.17) is 0 Å². The summed E-state index contributed by atoms with van der Waals surface area (Å²) >= 11 is 0. The lowest BCUT2D eigenvalue weighted by Gasteiger charge is -2.29. The van der Waals surface area contributed by atoms with Gasteiger partial charge in [-0.25, -0.2) is 4.98 Å². The van der Waals surface area contributed by atoms with Crippen LogP contribution in [0, 0.1) is 0 Å². The van der Waals surface area contributed by atoms with Crippen molar-refractivity contribution >= 4 is 18.9 Å². The molecule has 1 aromatic heterocycles. The fourth-order valence-electron chi connectivity index (χ4n) is 3.27. The molecule has 1 saturated heterocycles. The first-order chi connectivity index (χ1) is 13.1. The lowest BCUT2D eigenvalue weighted by Crippen LogP contribution is -2.54. The molecular formula is C18H21BN4O4. The predicted molar refractivity (Wildman–Crippen MR) is 98.4 cm³/mol. The summed E-state index contributed by atoms with van der Waals surface area (Å²) in [5.41, 5.74) is 0.999. The van der Waals surface area contributed by atoms with E-state index in [1.807, 2.05) is 30.3 Å². The minimum absolute atomic E-state index is 0.114. The molecule has 2 amide bonds. The number of hydrogen-bond acceptors (Lipinski definition) is 6. The maximum absolute atomic E-state index is 13.1. The number of nitrogens with one attached hydrogen (secondary N) is 1. The van der Waals surface area contributed by atoms with Crippen molar-refractivity contribution in [2.24, 2.45) is 0 Å². The number of carbonyl (C=O) groups excluding carboxylic acids is 2. The molecule has 1 aliphatic heterocycles. The fourth-order valence-corrected chi connectivity index (χ4v) is 3.27. The number of likely N-dealkylation sites (tertiary alicyclic amines) is 1. The van der Waals surface area contributed by atoms with Crippen LogP contribution in [0.25, 0.3) is 0 Å². The van der Waals surface area contributed by atoms with Crippen LogP contribution in [0.15, 0.2) is 48.9 Å². The van der Waals surface area contributed by atoms with Gasteiger partial charge >= 0.3 is 7.12 Å². The first-order valence-corrected chi connectivity index (χ1v) is 8.83. The molecule has 140 valence electrons. The molecule has 0 saturated carbocycles. The van der Waals surface area contributed by atoms with Gasteiger partial charge in [-0.1, -0.05) is 30.3 Å². The van der Waals surface area contributed by atoms with E-state index < -0.39 is 25.0 Å². The van der Waals surface area contributed by atoms with E-state index in [0.717, 1.165) is 5.56 Å². The number of aromatic nitrogens is 2. The summed E-state index contributed by atoms with van der Waals surface area (Å²) in [6.07, 6.45) is 5.68. The van der Waals surface area contributed by atoms with Gasteiger partial charge in [-0.3, -0.25) is 14.6 Å². The van der Waals surface area contributed by atoms with Gasteiger partial charge in [0.05, 0.1) is 12.1 Å². The van der Waals surface area contributed by atoms with Crippen LogP contribution in [0.2, 0.25) is 0 Å². The number of amides is 2. The SMILES string of the molecule is O=C(N[C@@H](Cc1ccccc1)C(=O)N1CCC[C@H]1B(O)O)c1cnccn1. The zero-order valence-electron chi connectivity index (χ0n) is 14.7. The highest BCUT2D eigenvalue weighted by Gasteiger charge is 2.39. The molecule has 2 aromatic rings. The van der Waals surface area contributed by atoms with Gasteiger partial charge in [0, 0.05) is 25.4 Å². The lowest BCUT2D eigenvalue weighted by atomic mass is 9.77. The smallest absolute Gasteiger partial charge is 0.426 e. The van der Waals surface area contributed by atoms with Crippen molar-refractivity contribution in [3.05, 3.63) is 60.2 Å². The van der Waals surface area contributed by atoms with Crippen LogP contribution in [0.5, 0.6) is 0 Å². The minimum Gasteiger partial charge on any atom is -0.426 e. The van der Waals surface area contributed by atoms with Gasteiger partial charge in [-0.15, -0.1) is 0 Å². The molecular weight excluding hydrogens is 347 g/mol. The summed E-state index contributed by atoms with van der Waals surface area (Å²) in [5, 5.41) is 21.8. The average molecular weight is 368 g/mol. The van der Waals surface area contributed by atoms with E-state index in [2.05, 4.69) is 15.3 Å². The Hall–Kier alpha value is -2.78. The van der Waals surface area contributed by atoms with Crippen LogP contribution in [0.4, 0.5) is 0 Å². The Balaban J connectivity index is 1.80. The summed E-state index contributed by atoms with van der Waals surface area (Å²) in [7, 11) is -1.61. The molecule has 0 aliphatic carbocycles. The normalized spacial score (nSPS) is 17.4.